The van der Waals surface area contributed by atoms with Gasteiger partial charge in [0.05, 0.1) is 25.3 Å². The lowest BCUT2D eigenvalue weighted by Crippen LogP contribution is -2.44. The SMILES string of the molecule is C=Nc1ccccc1C(C)=NCCn1c(=O)c2c(nc(N(C)CC(C)(C)N)n2CC#CC)n(C)c1=O. The third-order valence-electron chi connectivity index (χ3n) is 5.75. The molecule has 190 valence electrons. The summed E-state index contributed by atoms with van der Waals surface area (Å²) in [5.74, 6) is 6.41. The van der Waals surface area contributed by atoms with Crippen molar-refractivity contribution in [2.75, 3.05) is 25.0 Å². The lowest BCUT2D eigenvalue weighted by Gasteiger charge is -2.27. The first kappa shape index (κ1) is 26.6. The first-order chi connectivity index (χ1) is 17.0. The predicted molar refractivity (Wildman–Crippen MR) is 147 cm³/mol. The summed E-state index contributed by atoms with van der Waals surface area (Å²) >= 11 is 0. The lowest BCUT2D eigenvalue weighted by molar-refractivity contribution is 0.512. The summed E-state index contributed by atoms with van der Waals surface area (Å²) in [6, 6.07) is 7.55. The predicted octanol–water partition coefficient (Wildman–Crippen LogP) is 1.93. The largest absolute Gasteiger partial charge is 0.343 e. The molecule has 36 heavy (non-hydrogen) atoms. The quantitative estimate of drug-likeness (QED) is 0.364. The molecule has 0 amide bonds. The van der Waals surface area contributed by atoms with Gasteiger partial charge in [0.15, 0.2) is 11.2 Å². The molecule has 0 radical (unpaired) electrons. The molecule has 0 spiro atoms. The molecule has 0 unspecified atom stereocenters. The Bertz CT molecular complexity index is 1490. The summed E-state index contributed by atoms with van der Waals surface area (Å²) in [7, 11) is 3.47. The molecule has 10 heteroatoms. The first-order valence-corrected chi connectivity index (χ1v) is 11.7. The van der Waals surface area contributed by atoms with Crippen molar-refractivity contribution in [3.63, 3.8) is 0 Å². The molecule has 0 aliphatic heterocycles. The lowest BCUT2D eigenvalue weighted by atomic mass is 10.1. The van der Waals surface area contributed by atoms with Crippen LogP contribution in [0.25, 0.3) is 11.2 Å². The van der Waals surface area contributed by atoms with Crippen LogP contribution in [0.2, 0.25) is 0 Å². The summed E-state index contributed by atoms with van der Waals surface area (Å²) in [6.07, 6.45) is 0. The summed E-state index contributed by atoms with van der Waals surface area (Å²) in [4.78, 5) is 41.9. The molecular formula is C26H34N8O2. The number of aryl methyl sites for hydroxylation is 1. The van der Waals surface area contributed by atoms with E-state index in [1.165, 1.54) is 9.13 Å². The van der Waals surface area contributed by atoms with Crippen molar-refractivity contribution >= 4 is 35.2 Å². The number of hydrogen-bond acceptors (Lipinski definition) is 7. The van der Waals surface area contributed by atoms with E-state index in [0.29, 0.717) is 23.7 Å². The van der Waals surface area contributed by atoms with Crippen molar-refractivity contribution in [2.45, 2.75) is 46.3 Å². The van der Waals surface area contributed by atoms with Crippen LogP contribution in [0.5, 0.6) is 0 Å². The molecule has 0 aliphatic carbocycles. The minimum atomic E-state index is -0.490. The number of fused-ring (bicyclic) bond motifs is 1. The fraction of sp³-hybridized carbons (Fsp3) is 0.423. The summed E-state index contributed by atoms with van der Waals surface area (Å²) in [6.45, 7) is 12.2. The fourth-order valence-corrected chi connectivity index (χ4v) is 4.16. The number of imidazole rings is 1. The van der Waals surface area contributed by atoms with Gasteiger partial charge in [-0.15, -0.1) is 5.92 Å². The molecule has 3 aromatic rings. The molecule has 0 atom stereocenters. The van der Waals surface area contributed by atoms with Gasteiger partial charge >= 0.3 is 5.69 Å². The van der Waals surface area contributed by atoms with Crippen LogP contribution in [0.15, 0.2) is 43.8 Å². The Morgan fingerprint density at radius 3 is 2.58 bits per heavy atom. The van der Waals surface area contributed by atoms with Crippen molar-refractivity contribution in [3.05, 3.63) is 50.7 Å². The van der Waals surface area contributed by atoms with E-state index in [1.54, 1.807) is 18.5 Å². The van der Waals surface area contributed by atoms with Crippen LogP contribution in [0.4, 0.5) is 11.6 Å². The monoisotopic (exact) mass is 490 g/mol. The summed E-state index contributed by atoms with van der Waals surface area (Å²) in [5.41, 5.74) is 7.81. The zero-order chi connectivity index (χ0) is 26.6. The molecule has 2 N–H and O–H groups in total. The number of benzene rings is 1. The molecule has 0 bridgehead atoms. The van der Waals surface area contributed by atoms with E-state index in [0.717, 1.165) is 17.0 Å². The molecule has 0 saturated carbocycles. The fourth-order valence-electron chi connectivity index (χ4n) is 4.16. The number of rotatable bonds is 9. The second-order valence-electron chi connectivity index (χ2n) is 9.38. The topological polar surface area (TPSA) is 116 Å². The van der Waals surface area contributed by atoms with Gasteiger partial charge in [-0.05, 0) is 40.5 Å². The number of nitrogens with two attached hydrogens (primary N) is 1. The van der Waals surface area contributed by atoms with E-state index >= 15 is 0 Å². The number of para-hydroxylation sites is 1. The molecule has 0 fully saturated rings. The Labute approximate surface area is 210 Å². The minimum Gasteiger partial charge on any atom is -0.343 e. The average Bonchev–Trinajstić information content (AvgIpc) is 3.22. The average molecular weight is 491 g/mol. The molecule has 2 heterocycles. The van der Waals surface area contributed by atoms with Crippen LogP contribution >= 0.6 is 0 Å². The summed E-state index contributed by atoms with van der Waals surface area (Å²) < 4.78 is 4.34. The van der Waals surface area contributed by atoms with Crippen molar-refractivity contribution in [2.24, 2.45) is 22.8 Å². The van der Waals surface area contributed by atoms with Crippen LogP contribution in [0.1, 0.15) is 33.3 Å². The van der Waals surface area contributed by atoms with E-state index in [4.69, 9.17) is 5.73 Å². The second-order valence-corrected chi connectivity index (χ2v) is 9.38. The van der Waals surface area contributed by atoms with E-state index in [2.05, 4.69) is 33.5 Å². The molecule has 0 aliphatic rings. The zero-order valence-corrected chi connectivity index (χ0v) is 21.9. The number of hydrogen-bond donors (Lipinski definition) is 1. The van der Waals surface area contributed by atoms with E-state index < -0.39 is 16.8 Å². The van der Waals surface area contributed by atoms with Crippen LogP contribution in [0, 0.1) is 11.8 Å². The molecule has 10 nitrogen and oxygen atoms in total. The van der Waals surface area contributed by atoms with E-state index in [9.17, 15) is 9.59 Å². The normalized spacial score (nSPS) is 11.9. The highest BCUT2D eigenvalue weighted by Crippen LogP contribution is 2.20. The molecular weight excluding hydrogens is 456 g/mol. The Hall–Kier alpha value is -3.97. The maximum atomic E-state index is 13.6. The van der Waals surface area contributed by atoms with Crippen molar-refractivity contribution < 1.29 is 0 Å². The maximum absolute atomic E-state index is 13.6. The van der Waals surface area contributed by atoms with Crippen LogP contribution < -0.4 is 21.9 Å². The molecule has 0 saturated heterocycles. The standard InChI is InChI=1S/C26H34N8O2/c1-8-9-15-33-21-22(30-24(33)31(6)17-26(3,4)27)32(7)25(36)34(23(21)35)16-14-29-18(2)19-12-10-11-13-20(19)28-5/h10-13H,5,14-17,27H2,1-4,6-7H3. The Morgan fingerprint density at radius 2 is 1.94 bits per heavy atom. The van der Waals surface area contributed by atoms with E-state index in [-0.39, 0.29) is 19.6 Å². The minimum absolute atomic E-state index is 0.119. The van der Waals surface area contributed by atoms with Gasteiger partial charge in [0.1, 0.15) is 0 Å². The highest BCUT2D eigenvalue weighted by Gasteiger charge is 2.24. The molecule has 3 rings (SSSR count). The van der Waals surface area contributed by atoms with E-state index in [1.807, 2.05) is 57.0 Å². The summed E-state index contributed by atoms with van der Waals surface area (Å²) in [5, 5.41) is 0. The highest BCUT2D eigenvalue weighted by atomic mass is 16.2. The Morgan fingerprint density at radius 1 is 1.25 bits per heavy atom. The smallest absolute Gasteiger partial charge is 0.332 e. The van der Waals surface area contributed by atoms with Gasteiger partial charge < -0.3 is 10.6 Å². The third-order valence-corrected chi connectivity index (χ3v) is 5.75. The van der Waals surface area contributed by atoms with Gasteiger partial charge in [-0.2, -0.15) is 4.98 Å². The van der Waals surface area contributed by atoms with Crippen molar-refractivity contribution in [1.82, 2.24) is 18.7 Å². The number of aliphatic imine (C=N–C) groups is 2. The highest BCUT2D eigenvalue weighted by molar-refractivity contribution is 6.03. The van der Waals surface area contributed by atoms with Gasteiger partial charge in [0.25, 0.3) is 5.56 Å². The Balaban J connectivity index is 2.07. The molecule has 2 aromatic heterocycles. The number of nitrogens with zero attached hydrogens (tertiary/aromatic N) is 7. The van der Waals surface area contributed by atoms with Gasteiger partial charge in [-0.1, -0.05) is 24.1 Å². The van der Waals surface area contributed by atoms with Gasteiger partial charge in [-0.3, -0.25) is 28.5 Å². The third kappa shape index (κ3) is 5.47. The van der Waals surface area contributed by atoms with Crippen molar-refractivity contribution in [3.8, 4) is 11.8 Å². The van der Waals surface area contributed by atoms with Crippen LogP contribution in [-0.2, 0) is 20.1 Å². The van der Waals surface area contributed by atoms with Gasteiger partial charge in [0, 0.05) is 37.5 Å². The van der Waals surface area contributed by atoms with Gasteiger partial charge in [-0.25, -0.2) is 4.79 Å². The first-order valence-electron chi connectivity index (χ1n) is 11.7. The number of aromatic nitrogens is 4. The zero-order valence-electron chi connectivity index (χ0n) is 21.9. The molecule has 1 aromatic carbocycles. The second kappa shape index (κ2) is 10.7. The van der Waals surface area contributed by atoms with Crippen LogP contribution in [-0.4, -0.2) is 56.8 Å². The Kier molecular flexibility index (Phi) is 7.95. The van der Waals surface area contributed by atoms with Crippen LogP contribution in [0.3, 0.4) is 0 Å². The maximum Gasteiger partial charge on any atom is 0.332 e. The number of anilines is 1. The van der Waals surface area contributed by atoms with Crippen molar-refractivity contribution in [1.29, 1.82) is 0 Å². The number of likely N-dealkylation sites (N-methyl/N-ethyl adjacent to an activating group) is 1. The van der Waals surface area contributed by atoms with Gasteiger partial charge in [0.2, 0.25) is 5.95 Å².